The van der Waals surface area contributed by atoms with Gasteiger partial charge >= 0.3 is 5.97 Å². The van der Waals surface area contributed by atoms with Gasteiger partial charge in [-0.2, -0.15) is 0 Å². The molecule has 0 fully saturated rings. The Balaban J connectivity index is 3.13. The number of carbonyl (C=O) groups excluding carboxylic acids is 1. The van der Waals surface area contributed by atoms with E-state index in [1.54, 1.807) is 0 Å². The third-order valence-electron chi connectivity index (χ3n) is 1.69. The van der Waals surface area contributed by atoms with Gasteiger partial charge in [0.2, 0.25) is 0 Å². The van der Waals surface area contributed by atoms with E-state index in [2.05, 4.69) is 12.6 Å². The number of esters is 1. The molecule has 3 heteroatoms. The summed E-state index contributed by atoms with van der Waals surface area (Å²) in [6.07, 6.45) is 0. The van der Waals surface area contributed by atoms with Crippen LogP contribution >= 0.6 is 12.6 Å². The SMILES string of the molecule is CC(=O)Oc1c(C)cc(S)cc1C. The summed E-state index contributed by atoms with van der Waals surface area (Å²) in [5.41, 5.74) is 1.86. The standard InChI is InChI=1S/C10H12O2S/c1-6-4-9(13)5-7(2)10(6)12-8(3)11/h4-5,13H,1-3H3. The molecule has 0 aliphatic rings. The lowest BCUT2D eigenvalue weighted by atomic mass is 10.1. The van der Waals surface area contributed by atoms with Gasteiger partial charge in [-0.25, -0.2) is 0 Å². The van der Waals surface area contributed by atoms with Gasteiger partial charge in [0.15, 0.2) is 0 Å². The number of rotatable bonds is 1. The molecule has 0 N–H and O–H groups in total. The molecular weight excluding hydrogens is 184 g/mol. The summed E-state index contributed by atoms with van der Waals surface area (Å²) in [7, 11) is 0. The smallest absolute Gasteiger partial charge is 0.308 e. The first kappa shape index (κ1) is 10.1. The van der Waals surface area contributed by atoms with Gasteiger partial charge in [0.1, 0.15) is 5.75 Å². The molecule has 0 aromatic heterocycles. The second-order valence-corrected chi connectivity index (χ2v) is 3.52. The van der Waals surface area contributed by atoms with E-state index in [0.29, 0.717) is 5.75 Å². The highest BCUT2D eigenvalue weighted by molar-refractivity contribution is 7.80. The van der Waals surface area contributed by atoms with Crippen LogP contribution in [-0.2, 0) is 4.79 Å². The van der Waals surface area contributed by atoms with Crippen LogP contribution in [0, 0.1) is 13.8 Å². The third kappa shape index (κ3) is 2.49. The van der Waals surface area contributed by atoms with Crippen LogP contribution in [0.5, 0.6) is 5.75 Å². The number of ether oxygens (including phenoxy) is 1. The van der Waals surface area contributed by atoms with E-state index in [1.807, 2.05) is 26.0 Å². The number of aryl methyl sites for hydroxylation is 2. The monoisotopic (exact) mass is 196 g/mol. The van der Waals surface area contributed by atoms with Crippen LogP contribution in [0.4, 0.5) is 0 Å². The molecule has 2 nitrogen and oxygen atoms in total. The number of hydrogen-bond donors (Lipinski definition) is 1. The lowest BCUT2D eigenvalue weighted by Crippen LogP contribution is -2.04. The van der Waals surface area contributed by atoms with Crippen molar-refractivity contribution in [3.8, 4) is 5.75 Å². The van der Waals surface area contributed by atoms with Gasteiger partial charge < -0.3 is 4.74 Å². The van der Waals surface area contributed by atoms with Crippen LogP contribution in [0.2, 0.25) is 0 Å². The lowest BCUT2D eigenvalue weighted by molar-refractivity contribution is -0.131. The Kier molecular flexibility index (Phi) is 2.98. The van der Waals surface area contributed by atoms with Gasteiger partial charge in [0.25, 0.3) is 0 Å². The summed E-state index contributed by atoms with van der Waals surface area (Å²) in [5.74, 6) is 0.350. The minimum atomic E-state index is -0.293. The van der Waals surface area contributed by atoms with Crippen LogP contribution in [-0.4, -0.2) is 5.97 Å². The molecule has 13 heavy (non-hydrogen) atoms. The second-order valence-electron chi connectivity index (χ2n) is 3.00. The summed E-state index contributed by atoms with van der Waals surface area (Å²) in [6, 6.07) is 3.74. The van der Waals surface area contributed by atoms with E-state index in [-0.39, 0.29) is 5.97 Å². The summed E-state index contributed by atoms with van der Waals surface area (Å²) in [6.45, 7) is 5.18. The highest BCUT2D eigenvalue weighted by atomic mass is 32.1. The van der Waals surface area contributed by atoms with Crippen molar-refractivity contribution >= 4 is 18.6 Å². The van der Waals surface area contributed by atoms with E-state index < -0.39 is 0 Å². The molecule has 1 rings (SSSR count). The first-order valence-electron chi connectivity index (χ1n) is 3.99. The van der Waals surface area contributed by atoms with Gasteiger partial charge in [-0.05, 0) is 37.1 Å². The maximum Gasteiger partial charge on any atom is 0.308 e. The molecule has 0 saturated heterocycles. The Hall–Kier alpha value is -0.960. The molecule has 70 valence electrons. The molecule has 0 bridgehead atoms. The van der Waals surface area contributed by atoms with Crippen molar-refractivity contribution in [1.82, 2.24) is 0 Å². The largest absolute Gasteiger partial charge is 0.426 e. The Bertz CT molecular complexity index is 322. The van der Waals surface area contributed by atoms with Crippen molar-refractivity contribution in [2.24, 2.45) is 0 Å². The van der Waals surface area contributed by atoms with Crippen LogP contribution in [0.3, 0.4) is 0 Å². The van der Waals surface area contributed by atoms with Crippen molar-refractivity contribution in [3.63, 3.8) is 0 Å². The van der Waals surface area contributed by atoms with E-state index >= 15 is 0 Å². The zero-order valence-corrected chi connectivity index (χ0v) is 8.81. The van der Waals surface area contributed by atoms with E-state index in [0.717, 1.165) is 16.0 Å². The first-order chi connectivity index (χ1) is 6.00. The molecule has 0 saturated carbocycles. The number of carbonyl (C=O) groups is 1. The van der Waals surface area contributed by atoms with Crippen LogP contribution in [0.1, 0.15) is 18.1 Å². The predicted octanol–water partition coefficient (Wildman–Crippen LogP) is 2.52. The average Bonchev–Trinajstić information content (AvgIpc) is 1.96. The van der Waals surface area contributed by atoms with E-state index in [9.17, 15) is 4.79 Å². The molecule has 0 amide bonds. The van der Waals surface area contributed by atoms with Gasteiger partial charge in [0.05, 0.1) is 0 Å². The zero-order chi connectivity index (χ0) is 10.0. The van der Waals surface area contributed by atoms with Gasteiger partial charge in [-0.3, -0.25) is 4.79 Å². The van der Waals surface area contributed by atoms with Crippen molar-refractivity contribution in [1.29, 1.82) is 0 Å². The molecular formula is C10H12O2S. The van der Waals surface area contributed by atoms with Crippen molar-refractivity contribution in [2.45, 2.75) is 25.7 Å². The topological polar surface area (TPSA) is 26.3 Å². The van der Waals surface area contributed by atoms with Crippen LogP contribution in [0.15, 0.2) is 17.0 Å². The number of thiol groups is 1. The molecule has 0 aliphatic heterocycles. The van der Waals surface area contributed by atoms with Crippen LogP contribution in [0.25, 0.3) is 0 Å². The maximum atomic E-state index is 10.8. The zero-order valence-electron chi connectivity index (χ0n) is 7.92. The lowest BCUT2D eigenvalue weighted by Gasteiger charge is -2.09. The predicted molar refractivity (Wildman–Crippen MR) is 54.5 cm³/mol. The van der Waals surface area contributed by atoms with Gasteiger partial charge in [-0.1, -0.05) is 0 Å². The first-order valence-corrected chi connectivity index (χ1v) is 4.44. The average molecular weight is 196 g/mol. The number of benzene rings is 1. The van der Waals surface area contributed by atoms with Crippen molar-refractivity contribution in [3.05, 3.63) is 23.3 Å². The molecule has 1 aromatic carbocycles. The summed E-state index contributed by atoms with van der Waals surface area (Å²) >= 11 is 4.22. The highest BCUT2D eigenvalue weighted by Gasteiger charge is 2.06. The number of hydrogen-bond acceptors (Lipinski definition) is 3. The fraction of sp³-hybridized carbons (Fsp3) is 0.300. The molecule has 1 aromatic rings. The molecule has 0 aliphatic carbocycles. The Morgan fingerprint density at radius 1 is 1.31 bits per heavy atom. The molecule has 0 spiro atoms. The summed E-state index contributed by atoms with van der Waals surface area (Å²) < 4.78 is 5.06. The van der Waals surface area contributed by atoms with Gasteiger partial charge in [0, 0.05) is 11.8 Å². The third-order valence-corrected chi connectivity index (χ3v) is 1.95. The van der Waals surface area contributed by atoms with Gasteiger partial charge in [-0.15, -0.1) is 12.6 Å². The summed E-state index contributed by atoms with van der Waals surface area (Å²) in [4.78, 5) is 11.6. The van der Waals surface area contributed by atoms with E-state index in [1.165, 1.54) is 6.92 Å². The Morgan fingerprint density at radius 3 is 2.15 bits per heavy atom. The maximum absolute atomic E-state index is 10.8. The second kappa shape index (κ2) is 3.83. The minimum Gasteiger partial charge on any atom is -0.426 e. The van der Waals surface area contributed by atoms with Crippen molar-refractivity contribution < 1.29 is 9.53 Å². The highest BCUT2D eigenvalue weighted by Crippen LogP contribution is 2.26. The quantitative estimate of drug-likeness (QED) is 0.424. The molecule has 0 heterocycles. The molecule has 0 radical (unpaired) electrons. The fourth-order valence-electron chi connectivity index (χ4n) is 1.23. The summed E-state index contributed by atoms with van der Waals surface area (Å²) in [5, 5.41) is 0. The van der Waals surface area contributed by atoms with Crippen molar-refractivity contribution in [2.75, 3.05) is 0 Å². The fourth-order valence-corrected chi connectivity index (χ4v) is 1.62. The Labute approximate surface area is 83.3 Å². The normalized spacial score (nSPS) is 9.85. The van der Waals surface area contributed by atoms with Crippen LogP contribution < -0.4 is 4.74 Å². The molecule has 0 unspecified atom stereocenters. The molecule has 0 atom stereocenters. The minimum absolute atomic E-state index is 0.293. The Morgan fingerprint density at radius 2 is 1.77 bits per heavy atom. The van der Waals surface area contributed by atoms with E-state index in [4.69, 9.17) is 4.74 Å².